The zero-order valence-corrected chi connectivity index (χ0v) is 25.5. The number of halogens is 2. The molecule has 1 saturated heterocycles. The summed E-state index contributed by atoms with van der Waals surface area (Å²) in [5, 5.41) is 6.07. The molecule has 2 aliphatic rings. The molecular weight excluding hydrogens is 613 g/mol. The molecule has 6 rings (SSSR count). The van der Waals surface area contributed by atoms with Gasteiger partial charge in [-0.25, -0.2) is 14.4 Å². The van der Waals surface area contributed by atoms with Gasteiger partial charge in [0.25, 0.3) is 11.8 Å². The van der Waals surface area contributed by atoms with Crippen molar-refractivity contribution in [2.45, 2.75) is 13.3 Å². The van der Waals surface area contributed by atoms with E-state index in [1.54, 1.807) is 29.3 Å². The molecule has 2 amide bonds. The molecule has 9 nitrogen and oxygen atoms in total. The number of carbonyl (C=O) groups excluding carboxylic acids is 2. The van der Waals surface area contributed by atoms with Crippen LogP contribution in [0.3, 0.4) is 0 Å². The number of carbonyl (C=O) groups is 2. The Labute approximate surface area is 257 Å². The predicted molar refractivity (Wildman–Crippen MR) is 170 cm³/mol. The van der Waals surface area contributed by atoms with Crippen molar-refractivity contribution in [2.75, 3.05) is 60.2 Å². The van der Waals surface area contributed by atoms with Crippen molar-refractivity contribution >= 4 is 56.4 Å². The molecule has 3 heterocycles. The van der Waals surface area contributed by atoms with Crippen LogP contribution in [-0.2, 0) is 6.42 Å². The Balaban J connectivity index is 1.14. The third-order valence-corrected chi connectivity index (χ3v) is 8.25. The molecular formula is C32H31BrFN7O2. The summed E-state index contributed by atoms with van der Waals surface area (Å²) in [5.41, 5.74) is 5.44. The number of anilines is 5. The average molecular weight is 645 g/mol. The maximum absolute atomic E-state index is 13.8. The summed E-state index contributed by atoms with van der Waals surface area (Å²) in [6, 6.07) is 17.6. The lowest BCUT2D eigenvalue weighted by molar-refractivity contribution is 0.0978. The van der Waals surface area contributed by atoms with Gasteiger partial charge in [-0.15, -0.1) is 0 Å². The van der Waals surface area contributed by atoms with Crippen molar-refractivity contribution in [3.05, 3.63) is 99.5 Å². The van der Waals surface area contributed by atoms with Gasteiger partial charge in [0, 0.05) is 78.1 Å². The molecule has 0 bridgehead atoms. The first kappa shape index (κ1) is 28.8. The van der Waals surface area contributed by atoms with Crippen LogP contribution in [0.5, 0.6) is 0 Å². The molecule has 0 unspecified atom stereocenters. The zero-order chi connectivity index (χ0) is 30.1. The summed E-state index contributed by atoms with van der Waals surface area (Å²) in [6.45, 7) is 6.45. The molecule has 0 aliphatic carbocycles. The second-order valence-corrected chi connectivity index (χ2v) is 11.8. The number of nitrogens with zero attached hydrogens (tertiary/aromatic N) is 5. The Morgan fingerprint density at radius 2 is 1.70 bits per heavy atom. The van der Waals surface area contributed by atoms with Gasteiger partial charge in [0.1, 0.15) is 5.82 Å². The summed E-state index contributed by atoms with van der Waals surface area (Å²) in [4.78, 5) is 41.8. The molecule has 0 spiro atoms. The number of piperazine rings is 1. The van der Waals surface area contributed by atoms with Crippen LogP contribution in [0.4, 0.5) is 33.1 Å². The van der Waals surface area contributed by atoms with Crippen molar-refractivity contribution in [2.24, 2.45) is 0 Å². The van der Waals surface area contributed by atoms with Crippen molar-refractivity contribution in [1.82, 2.24) is 14.9 Å². The number of amides is 2. The van der Waals surface area contributed by atoms with E-state index in [1.807, 2.05) is 25.1 Å². The van der Waals surface area contributed by atoms with E-state index in [0.29, 0.717) is 46.0 Å². The van der Waals surface area contributed by atoms with Crippen LogP contribution in [0.1, 0.15) is 32.0 Å². The highest BCUT2D eigenvalue weighted by atomic mass is 79.9. The fourth-order valence-electron chi connectivity index (χ4n) is 5.36. The highest BCUT2D eigenvalue weighted by molar-refractivity contribution is 9.10. The third kappa shape index (κ3) is 6.37. The van der Waals surface area contributed by atoms with Gasteiger partial charge < -0.3 is 25.3 Å². The van der Waals surface area contributed by atoms with E-state index in [0.717, 1.165) is 37.4 Å². The molecule has 4 aromatic rings. The second-order valence-electron chi connectivity index (χ2n) is 10.8. The van der Waals surface area contributed by atoms with Crippen LogP contribution in [0.25, 0.3) is 0 Å². The lowest BCUT2D eigenvalue weighted by Gasteiger charge is -2.34. The molecule has 1 aromatic heterocycles. The number of likely N-dealkylation sites (N-methyl/N-ethyl adjacent to an activating group) is 1. The molecule has 0 radical (unpaired) electrons. The van der Waals surface area contributed by atoms with Gasteiger partial charge in [-0.05, 0) is 74.1 Å². The van der Waals surface area contributed by atoms with Gasteiger partial charge in [0.15, 0.2) is 0 Å². The maximum atomic E-state index is 13.8. The van der Waals surface area contributed by atoms with E-state index in [2.05, 4.69) is 65.5 Å². The van der Waals surface area contributed by atoms with Crippen LogP contribution >= 0.6 is 15.9 Å². The van der Waals surface area contributed by atoms with E-state index in [1.165, 1.54) is 17.8 Å². The second kappa shape index (κ2) is 12.1. The topological polar surface area (TPSA) is 93.7 Å². The van der Waals surface area contributed by atoms with Crippen LogP contribution in [-0.4, -0.2) is 66.5 Å². The summed E-state index contributed by atoms with van der Waals surface area (Å²) >= 11 is 3.22. The molecule has 43 heavy (non-hydrogen) atoms. The predicted octanol–water partition coefficient (Wildman–Crippen LogP) is 5.64. The van der Waals surface area contributed by atoms with Gasteiger partial charge in [0.05, 0.1) is 11.3 Å². The van der Waals surface area contributed by atoms with Crippen molar-refractivity contribution in [1.29, 1.82) is 0 Å². The van der Waals surface area contributed by atoms with Gasteiger partial charge in [-0.3, -0.25) is 9.59 Å². The normalized spacial score (nSPS) is 15.3. The standard InChI is InChI=1S/C32H31BrFN7O2/c1-20-3-4-25(36-30(42)21-15-22(33)17-23(34)16-21)18-29(20)41-10-9-28-27(31(41)43)19-35-32(38-28)37-24-5-7-26(8-6-24)40-13-11-39(2)12-14-40/h3-8,15-19H,9-14H2,1-2H3,(H,36,42)(H,35,37,38). The quantitative estimate of drug-likeness (QED) is 0.281. The maximum Gasteiger partial charge on any atom is 0.261 e. The van der Waals surface area contributed by atoms with E-state index in [-0.39, 0.29) is 11.5 Å². The van der Waals surface area contributed by atoms with Crippen molar-refractivity contribution in [3.63, 3.8) is 0 Å². The van der Waals surface area contributed by atoms with E-state index in [4.69, 9.17) is 0 Å². The Morgan fingerprint density at radius 3 is 2.44 bits per heavy atom. The molecule has 2 aliphatic heterocycles. The van der Waals surface area contributed by atoms with Gasteiger partial charge in [0.2, 0.25) is 5.95 Å². The first-order valence-electron chi connectivity index (χ1n) is 14.1. The number of aryl methyl sites for hydroxylation is 1. The summed E-state index contributed by atoms with van der Waals surface area (Å²) in [6.07, 6.45) is 2.12. The lowest BCUT2D eigenvalue weighted by atomic mass is 10.0. The smallest absolute Gasteiger partial charge is 0.261 e. The minimum absolute atomic E-state index is 0.185. The molecule has 1 fully saturated rings. The van der Waals surface area contributed by atoms with Crippen LogP contribution < -0.4 is 20.4 Å². The van der Waals surface area contributed by atoms with Crippen LogP contribution in [0.15, 0.2) is 71.3 Å². The average Bonchev–Trinajstić information content (AvgIpc) is 2.99. The highest BCUT2D eigenvalue weighted by Crippen LogP contribution is 2.30. The summed E-state index contributed by atoms with van der Waals surface area (Å²) < 4.78 is 14.3. The number of nitrogens with one attached hydrogen (secondary N) is 2. The van der Waals surface area contributed by atoms with Gasteiger partial charge in [-0.2, -0.15) is 0 Å². The minimum atomic E-state index is -0.513. The number of benzene rings is 3. The zero-order valence-electron chi connectivity index (χ0n) is 23.9. The third-order valence-electron chi connectivity index (χ3n) is 7.79. The van der Waals surface area contributed by atoms with E-state index < -0.39 is 11.7 Å². The van der Waals surface area contributed by atoms with Crippen LogP contribution in [0.2, 0.25) is 0 Å². The monoisotopic (exact) mass is 643 g/mol. The summed E-state index contributed by atoms with van der Waals surface area (Å²) in [7, 11) is 2.14. The fourth-order valence-corrected chi connectivity index (χ4v) is 5.82. The number of rotatable bonds is 6. The number of hydrogen-bond acceptors (Lipinski definition) is 7. The molecule has 220 valence electrons. The molecule has 2 N–H and O–H groups in total. The number of aromatic nitrogens is 2. The highest BCUT2D eigenvalue weighted by Gasteiger charge is 2.28. The number of hydrogen-bond donors (Lipinski definition) is 2. The molecule has 11 heteroatoms. The van der Waals surface area contributed by atoms with Crippen molar-refractivity contribution < 1.29 is 14.0 Å². The first-order valence-corrected chi connectivity index (χ1v) is 14.9. The Bertz CT molecular complexity index is 1670. The largest absolute Gasteiger partial charge is 0.369 e. The molecule has 0 saturated carbocycles. The molecule has 0 atom stereocenters. The first-order chi connectivity index (χ1) is 20.7. The van der Waals surface area contributed by atoms with E-state index >= 15 is 0 Å². The van der Waals surface area contributed by atoms with Gasteiger partial charge in [-0.1, -0.05) is 22.0 Å². The molecule has 3 aromatic carbocycles. The van der Waals surface area contributed by atoms with Crippen molar-refractivity contribution in [3.8, 4) is 0 Å². The fraction of sp³-hybridized carbons (Fsp3) is 0.250. The minimum Gasteiger partial charge on any atom is -0.369 e. The van der Waals surface area contributed by atoms with Gasteiger partial charge >= 0.3 is 0 Å². The van der Waals surface area contributed by atoms with E-state index in [9.17, 15) is 14.0 Å². The number of fused-ring (bicyclic) bond motifs is 1. The SMILES string of the molecule is Cc1ccc(NC(=O)c2cc(F)cc(Br)c2)cc1N1CCc2nc(Nc3ccc(N4CCN(C)CC4)cc3)ncc2C1=O. The Morgan fingerprint density at radius 1 is 0.953 bits per heavy atom. The Kier molecular flexibility index (Phi) is 8.09. The summed E-state index contributed by atoms with van der Waals surface area (Å²) in [5.74, 6) is -0.726. The Hall–Kier alpha value is -4.35. The lowest BCUT2D eigenvalue weighted by Crippen LogP contribution is -2.44. The van der Waals surface area contributed by atoms with Crippen LogP contribution in [0, 0.1) is 12.7 Å².